The first-order valence-corrected chi connectivity index (χ1v) is 6.72. The lowest BCUT2D eigenvalue weighted by atomic mass is 10.2. The van der Waals surface area contributed by atoms with Crippen molar-refractivity contribution in [2.75, 3.05) is 24.3 Å². The maximum Gasteiger partial charge on any atom is 0.138 e. The van der Waals surface area contributed by atoms with Gasteiger partial charge in [0.2, 0.25) is 0 Å². The van der Waals surface area contributed by atoms with E-state index in [2.05, 4.69) is 10.3 Å². The third kappa shape index (κ3) is 3.14. The van der Waals surface area contributed by atoms with Crippen molar-refractivity contribution in [2.45, 2.75) is 13.5 Å². The van der Waals surface area contributed by atoms with Gasteiger partial charge in [-0.2, -0.15) is 0 Å². The van der Waals surface area contributed by atoms with E-state index < -0.39 is 0 Å². The van der Waals surface area contributed by atoms with Gasteiger partial charge in [0, 0.05) is 19.8 Å². The molecule has 2 aromatic rings. The van der Waals surface area contributed by atoms with Crippen molar-refractivity contribution in [1.29, 1.82) is 0 Å². The smallest absolute Gasteiger partial charge is 0.138 e. The number of anilines is 2. The molecule has 2 N–H and O–H groups in total. The number of hydrogen-bond donors (Lipinski definition) is 2. The zero-order chi connectivity index (χ0) is 14.7. The summed E-state index contributed by atoms with van der Waals surface area (Å²) in [6.07, 6.45) is 0. The predicted octanol–water partition coefficient (Wildman–Crippen LogP) is 3.43. The van der Waals surface area contributed by atoms with E-state index in [1.807, 2.05) is 44.1 Å². The Balaban J connectivity index is 2.23. The summed E-state index contributed by atoms with van der Waals surface area (Å²) >= 11 is 6.22. The highest BCUT2D eigenvalue weighted by Gasteiger charge is 2.10. The van der Waals surface area contributed by atoms with Crippen LogP contribution in [0.15, 0.2) is 30.3 Å². The first-order chi connectivity index (χ1) is 9.49. The van der Waals surface area contributed by atoms with Crippen LogP contribution in [0, 0.1) is 6.92 Å². The van der Waals surface area contributed by atoms with Crippen molar-refractivity contribution in [1.82, 2.24) is 4.98 Å². The summed E-state index contributed by atoms with van der Waals surface area (Å²) in [4.78, 5) is 6.28. The molecule has 0 atom stereocenters. The van der Waals surface area contributed by atoms with Gasteiger partial charge in [0.05, 0.1) is 22.9 Å². The van der Waals surface area contributed by atoms with Gasteiger partial charge in [-0.05, 0) is 31.2 Å². The van der Waals surface area contributed by atoms with Crippen LogP contribution in [0.3, 0.4) is 0 Å². The Morgan fingerprint density at radius 3 is 2.70 bits per heavy atom. The van der Waals surface area contributed by atoms with Crippen LogP contribution in [0.4, 0.5) is 11.4 Å². The predicted molar refractivity (Wildman–Crippen MR) is 83.7 cm³/mol. The number of aromatic nitrogens is 1. The number of nitrogens with one attached hydrogen (secondary N) is 1. The number of pyridine rings is 1. The Morgan fingerprint density at radius 2 is 2.00 bits per heavy atom. The van der Waals surface area contributed by atoms with E-state index in [-0.39, 0.29) is 5.75 Å². The maximum absolute atomic E-state index is 9.81. The fourth-order valence-electron chi connectivity index (χ4n) is 2.02. The molecule has 1 aromatic heterocycles. The van der Waals surface area contributed by atoms with Crippen LogP contribution in [0.2, 0.25) is 5.02 Å². The van der Waals surface area contributed by atoms with E-state index in [1.54, 1.807) is 12.1 Å². The normalized spacial score (nSPS) is 10.4. The highest BCUT2D eigenvalue weighted by atomic mass is 35.5. The Morgan fingerprint density at radius 1 is 1.25 bits per heavy atom. The highest BCUT2D eigenvalue weighted by molar-refractivity contribution is 6.34. The molecule has 20 heavy (non-hydrogen) atoms. The number of aromatic hydroxyl groups is 1. The molecule has 0 aliphatic carbocycles. The molecule has 0 saturated carbocycles. The molecule has 2 rings (SSSR count). The van der Waals surface area contributed by atoms with Gasteiger partial charge >= 0.3 is 0 Å². The van der Waals surface area contributed by atoms with Gasteiger partial charge in [-0.25, -0.2) is 0 Å². The summed E-state index contributed by atoms with van der Waals surface area (Å²) in [5.41, 5.74) is 3.32. The summed E-state index contributed by atoms with van der Waals surface area (Å²) < 4.78 is 0. The molecule has 5 heteroatoms. The largest absolute Gasteiger partial charge is 0.506 e. The van der Waals surface area contributed by atoms with Crippen molar-refractivity contribution in [3.63, 3.8) is 0 Å². The number of hydrogen-bond acceptors (Lipinski definition) is 4. The fourth-order valence-corrected chi connectivity index (χ4v) is 2.37. The zero-order valence-electron chi connectivity index (χ0n) is 11.8. The lowest BCUT2D eigenvalue weighted by Gasteiger charge is -2.20. The topological polar surface area (TPSA) is 48.4 Å². The summed E-state index contributed by atoms with van der Waals surface area (Å²) in [5.74, 6) is 0.191. The van der Waals surface area contributed by atoms with E-state index in [4.69, 9.17) is 11.6 Å². The molecule has 1 heterocycles. The van der Waals surface area contributed by atoms with Gasteiger partial charge in [0.1, 0.15) is 11.4 Å². The summed E-state index contributed by atoms with van der Waals surface area (Å²) in [6.45, 7) is 2.34. The molecule has 0 fully saturated rings. The van der Waals surface area contributed by atoms with E-state index in [9.17, 15) is 5.11 Å². The van der Waals surface area contributed by atoms with Crippen molar-refractivity contribution in [3.8, 4) is 5.75 Å². The average Bonchev–Trinajstić information content (AvgIpc) is 2.39. The van der Waals surface area contributed by atoms with E-state index in [0.29, 0.717) is 17.3 Å². The maximum atomic E-state index is 9.81. The SMILES string of the molecule is Cc1ccc(O)c(CNc2cccc(Cl)c2N(C)C)n1. The molecule has 0 bridgehead atoms. The highest BCUT2D eigenvalue weighted by Crippen LogP contribution is 2.32. The number of halogens is 1. The van der Waals surface area contributed by atoms with Gasteiger partial charge < -0.3 is 15.3 Å². The standard InChI is InChI=1S/C15H18ClN3O/c1-10-7-8-14(20)13(18-10)9-17-12-6-4-5-11(16)15(12)19(2)3/h4-8,17,20H,9H2,1-3H3. The molecule has 4 nitrogen and oxygen atoms in total. The Hall–Kier alpha value is -1.94. The van der Waals surface area contributed by atoms with Crippen molar-refractivity contribution < 1.29 is 5.11 Å². The van der Waals surface area contributed by atoms with Gasteiger partial charge in [0.25, 0.3) is 0 Å². The van der Waals surface area contributed by atoms with Crippen LogP contribution in [-0.4, -0.2) is 24.2 Å². The average molecular weight is 292 g/mol. The number of para-hydroxylation sites is 1. The number of aryl methyl sites for hydroxylation is 1. The van der Waals surface area contributed by atoms with E-state index in [1.165, 1.54) is 0 Å². The molecule has 0 spiro atoms. The third-order valence-electron chi connectivity index (χ3n) is 2.97. The zero-order valence-corrected chi connectivity index (χ0v) is 12.6. The fraction of sp³-hybridized carbons (Fsp3) is 0.267. The number of rotatable bonds is 4. The molecular weight excluding hydrogens is 274 g/mol. The Labute approximate surface area is 124 Å². The van der Waals surface area contributed by atoms with Crippen LogP contribution in [0.5, 0.6) is 5.75 Å². The van der Waals surface area contributed by atoms with Crippen LogP contribution >= 0.6 is 11.6 Å². The molecule has 0 aliphatic heterocycles. The molecule has 0 radical (unpaired) electrons. The molecule has 0 aliphatic rings. The molecule has 106 valence electrons. The minimum Gasteiger partial charge on any atom is -0.506 e. The van der Waals surface area contributed by atoms with Gasteiger partial charge in [-0.3, -0.25) is 4.98 Å². The van der Waals surface area contributed by atoms with Crippen LogP contribution in [-0.2, 0) is 6.54 Å². The molecule has 0 unspecified atom stereocenters. The Bertz CT molecular complexity index is 614. The summed E-state index contributed by atoms with van der Waals surface area (Å²) in [6, 6.07) is 9.13. The summed E-state index contributed by atoms with van der Waals surface area (Å²) in [7, 11) is 3.88. The molecular formula is C15H18ClN3O. The van der Waals surface area contributed by atoms with Gasteiger partial charge in [-0.15, -0.1) is 0 Å². The van der Waals surface area contributed by atoms with Crippen LogP contribution in [0.1, 0.15) is 11.4 Å². The van der Waals surface area contributed by atoms with Gasteiger partial charge in [0.15, 0.2) is 0 Å². The number of nitrogens with zero attached hydrogens (tertiary/aromatic N) is 2. The molecule has 1 aromatic carbocycles. The third-order valence-corrected chi connectivity index (χ3v) is 3.27. The second-order valence-corrected chi connectivity index (χ2v) is 5.21. The quantitative estimate of drug-likeness (QED) is 0.906. The van der Waals surface area contributed by atoms with Crippen molar-refractivity contribution in [3.05, 3.63) is 46.7 Å². The van der Waals surface area contributed by atoms with Crippen molar-refractivity contribution in [2.24, 2.45) is 0 Å². The monoisotopic (exact) mass is 291 g/mol. The lowest BCUT2D eigenvalue weighted by molar-refractivity contribution is 0.464. The second kappa shape index (κ2) is 6.01. The number of benzene rings is 1. The first kappa shape index (κ1) is 14.5. The van der Waals surface area contributed by atoms with E-state index in [0.717, 1.165) is 17.1 Å². The second-order valence-electron chi connectivity index (χ2n) is 4.80. The summed E-state index contributed by atoms with van der Waals surface area (Å²) in [5, 5.41) is 13.8. The van der Waals surface area contributed by atoms with Crippen molar-refractivity contribution >= 4 is 23.0 Å². The lowest BCUT2D eigenvalue weighted by Crippen LogP contribution is -2.13. The molecule has 0 saturated heterocycles. The van der Waals surface area contributed by atoms with Crippen LogP contribution < -0.4 is 10.2 Å². The Kier molecular flexibility index (Phi) is 4.35. The van der Waals surface area contributed by atoms with Crippen LogP contribution in [0.25, 0.3) is 0 Å². The minimum absolute atomic E-state index is 0.191. The minimum atomic E-state index is 0.191. The molecule has 0 amide bonds. The first-order valence-electron chi connectivity index (χ1n) is 6.34. The van der Waals surface area contributed by atoms with E-state index >= 15 is 0 Å². The van der Waals surface area contributed by atoms with Gasteiger partial charge in [-0.1, -0.05) is 17.7 Å².